The number of nitrogens with one attached hydrogen (secondary N) is 1. The van der Waals surface area contributed by atoms with Crippen LogP contribution in [-0.2, 0) is 14.6 Å². The maximum absolute atomic E-state index is 12.2. The van der Waals surface area contributed by atoms with Crippen LogP contribution in [0.15, 0.2) is 24.3 Å². The van der Waals surface area contributed by atoms with Crippen molar-refractivity contribution < 1.29 is 18.0 Å². The van der Waals surface area contributed by atoms with Crippen molar-refractivity contribution in [2.45, 2.75) is 32.9 Å². The summed E-state index contributed by atoms with van der Waals surface area (Å²) in [5.74, 6) is -1.21. The normalized spacial score (nSPS) is 11.3. The smallest absolute Gasteiger partial charge is 0.253 e. The molecule has 0 aliphatic rings. The van der Waals surface area contributed by atoms with Gasteiger partial charge in [0.15, 0.2) is 9.84 Å². The molecule has 0 heterocycles. The molecule has 0 atom stereocenters. The number of sulfone groups is 1. The second kappa shape index (κ2) is 8.10. The van der Waals surface area contributed by atoms with Crippen molar-refractivity contribution in [1.82, 2.24) is 4.90 Å². The summed E-state index contributed by atoms with van der Waals surface area (Å²) in [5.41, 5.74) is 0.992. The minimum Gasteiger partial charge on any atom is -0.339 e. The molecule has 0 radical (unpaired) electrons. The van der Waals surface area contributed by atoms with Gasteiger partial charge in [0.05, 0.1) is 5.25 Å². The van der Waals surface area contributed by atoms with Crippen LogP contribution in [0.4, 0.5) is 5.69 Å². The first-order valence-corrected chi connectivity index (χ1v) is 9.33. The number of hydrogen-bond acceptors (Lipinski definition) is 4. The van der Waals surface area contributed by atoms with Crippen molar-refractivity contribution in [3.05, 3.63) is 29.8 Å². The molecule has 1 rings (SSSR count). The van der Waals surface area contributed by atoms with Crippen LogP contribution in [0.25, 0.3) is 0 Å². The van der Waals surface area contributed by atoms with Crippen LogP contribution in [0.2, 0.25) is 0 Å². The minimum atomic E-state index is -3.43. The van der Waals surface area contributed by atoms with Gasteiger partial charge in [-0.1, -0.05) is 0 Å². The molecule has 0 bridgehead atoms. The van der Waals surface area contributed by atoms with Crippen LogP contribution in [0.3, 0.4) is 0 Å². The van der Waals surface area contributed by atoms with E-state index in [9.17, 15) is 18.0 Å². The second-order valence-electron chi connectivity index (χ2n) is 5.46. The van der Waals surface area contributed by atoms with E-state index in [4.69, 9.17) is 0 Å². The Morgan fingerprint density at radius 2 is 1.61 bits per heavy atom. The highest BCUT2D eigenvalue weighted by Crippen LogP contribution is 2.12. The molecule has 1 aromatic rings. The fraction of sp³-hybridized carbons (Fsp3) is 0.500. The lowest BCUT2D eigenvalue weighted by Gasteiger charge is -2.18. The van der Waals surface area contributed by atoms with E-state index in [0.29, 0.717) is 24.3 Å². The Labute approximate surface area is 137 Å². The molecule has 0 fully saturated rings. The van der Waals surface area contributed by atoms with E-state index in [-0.39, 0.29) is 5.91 Å². The molecule has 7 heteroatoms. The van der Waals surface area contributed by atoms with E-state index in [1.54, 1.807) is 29.2 Å². The van der Waals surface area contributed by atoms with Crippen LogP contribution >= 0.6 is 0 Å². The zero-order chi connectivity index (χ0) is 17.6. The Morgan fingerprint density at radius 3 is 2.04 bits per heavy atom. The van der Waals surface area contributed by atoms with Crippen molar-refractivity contribution >= 4 is 27.3 Å². The van der Waals surface area contributed by atoms with E-state index in [1.165, 1.54) is 13.8 Å². The summed E-state index contributed by atoms with van der Waals surface area (Å²) in [7, 11) is -3.43. The number of anilines is 1. The van der Waals surface area contributed by atoms with Gasteiger partial charge in [-0.15, -0.1) is 0 Å². The van der Waals surface area contributed by atoms with Gasteiger partial charge in [0.2, 0.25) is 5.91 Å². The van der Waals surface area contributed by atoms with Crippen molar-refractivity contribution in [1.29, 1.82) is 0 Å². The zero-order valence-electron chi connectivity index (χ0n) is 14.0. The summed E-state index contributed by atoms with van der Waals surface area (Å²) < 4.78 is 23.4. The number of carbonyl (C=O) groups is 2. The molecule has 1 N–H and O–H groups in total. The number of amides is 2. The van der Waals surface area contributed by atoms with Gasteiger partial charge < -0.3 is 10.2 Å². The monoisotopic (exact) mass is 340 g/mol. The standard InChI is InChI=1S/C16H24N2O4S/c1-5-18(6-2)16(20)13-7-9-14(10-8-13)17-15(19)11-23(21,22)12(3)4/h7-10,12H,5-6,11H2,1-4H3,(H,17,19). The zero-order valence-corrected chi connectivity index (χ0v) is 14.8. The Bertz CT molecular complexity index is 647. The Kier molecular flexibility index (Phi) is 6.75. The Balaban J connectivity index is 2.75. The quantitative estimate of drug-likeness (QED) is 0.822. The van der Waals surface area contributed by atoms with Crippen LogP contribution in [0.5, 0.6) is 0 Å². The SMILES string of the molecule is CCN(CC)C(=O)c1ccc(NC(=O)CS(=O)(=O)C(C)C)cc1. The van der Waals surface area contributed by atoms with Crippen molar-refractivity contribution in [3.8, 4) is 0 Å². The van der Waals surface area contributed by atoms with Gasteiger partial charge in [0.1, 0.15) is 5.75 Å². The van der Waals surface area contributed by atoms with Gasteiger partial charge in [-0.2, -0.15) is 0 Å². The lowest BCUT2D eigenvalue weighted by atomic mass is 10.2. The molecule has 23 heavy (non-hydrogen) atoms. The van der Waals surface area contributed by atoms with E-state index in [2.05, 4.69) is 5.32 Å². The largest absolute Gasteiger partial charge is 0.339 e. The van der Waals surface area contributed by atoms with Gasteiger partial charge >= 0.3 is 0 Å². The van der Waals surface area contributed by atoms with Crippen LogP contribution in [0, 0.1) is 0 Å². The highest BCUT2D eigenvalue weighted by Gasteiger charge is 2.20. The topological polar surface area (TPSA) is 83.6 Å². The van der Waals surface area contributed by atoms with Gasteiger partial charge in [-0.25, -0.2) is 8.42 Å². The van der Waals surface area contributed by atoms with Crippen molar-refractivity contribution in [2.75, 3.05) is 24.2 Å². The fourth-order valence-electron chi connectivity index (χ4n) is 1.94. The summed E-state index contributed by atoms with van der Waals surface area (Å²) in [6, 6.07) is 6.42. The molecule has 128 valence electrons. The molecule has 0 spiro atoms. The maximum atomic E-state index is 12.2. The van der Waals surface area contributed by atoms with Gasteiger partial charge in [-0.05, 0) is 52.0 Å². The van der Waals surface area contributed by atoms with Crippen LogP contribution < -0.4 is 5.32 Å². The van der Waals surface area contributed by atoms with E-state index in [0.717, 1.165) is 0 Å². The number of carbonyl (C=O) groups excluding carboxylic acids is 2. The molecule has 1 aromatic carbocycles. The molecule has 0 aliphatic carbocycles. The van der Waals surface area contributed by atoms with E-state index in [1.807, 2.05) is 13.8 Å². The Morgan fingerprint density at radius 1 is 1.09 bits per heavy atom. The highest BCUT2D eigenvalue weighted by molar-refractivity contribution is 7.92. The first-order valence-electron chi connectivity index (χ1n) is 7.62. The summed E-state index contributed by atoms with van der Waals surface area (Å²) in [5, 5.41) is 1.94. The molecule has 0 aromatic heterocycles. The third kappa shape index (κ3) is 5.35. The highest BCUT2D eigenvalue weighted by atomic mass is 32.2. The van der Waals surface area contributed by atoms with Crippen molar-refractivity contribution in [2.24, 2.45) is 0 Å². The molecule has 0 aliphatic heterocycles. The van der Waals surface area contributed by atoms with Gasteiger partial charge in [0.25, 0.3) is 5.91 Å². The molecule has 0 unspecified atom stereocenters. The number of nitrogens with zero attached hydrogens (tertiary/aromatic N) is 1. The first-order chi connectivity index (χ1) is 10.7. The molecule has 0 saturated carbocycles. The predicted octanol–water partition coefficient (Wildman–Crippen LogP) is 1.93. The van der Waals surface area contributed by atoms with Crippen LogP contribution in [0.1, 0.15) is 38.1 Å². The van der Waals surface area contributed by atoms with E-state index >= 15 is 0 Å². The maximum Gasteiger partial charge on any atom is 0.253 e. The third-order valence-electron chi connectivity index (χ3n) is 3.52. The molecule has 6 nitrogen and oxygen atoms in total. The second-order valence-corrected chi connectivity index (χ2v) is 8.02. The van der Waals surface area contributed by atoms with E-state index < -0.39 is 26.7 Å². The average Bonchev–Trinajstić information content (AvgIpc) is 2.48. The molecular formula is C16H24N2O4S. The van der Waals surface area contributed by atoms with Gasteiger partial charge in [-0.3, -0.25) is 9.59 Å². The average molecular weight is 340 g/mol. The molecule has 2 amide bonds. The Hall–Kier alpha value is -1.89. The lowest BCUT2D eigenvalue weighted by molar-refractivity contribution is -0.113. The van der Waals surface area contributed by atoms with Gasteiger partial charge in [0, 0.05) is 24.3 Å². The summed E-state index contributed by atoms with van der Waals surface area (Å²) in [6.45, 7) is 8.14. The van der Waals surface area contributed by atoms with Crippen molar-refractivity contribution in [3.63, 3.8) is 0 Å². The number of rotatable bonds is 7. The summed E-state index contributed by atoms with van der Waals surface area (Å²) >= 11 is 0. The lowest BCUT2D eigenvalue weighted by Crippen LogP contribution is -2.30. The molecule has 0 saturated heterocycles. The summed E-state index contributed by atoms with van der Waals surface area (Å²) in [6.07, 6.45) is 0. The predicted molar refractivity (Wildman–Crippen MR) is 91.2 cm³/mol. The summed E-state index contributed by atoms with van der Waals surface area (Å²) in [4.78, 5) is 25.6. The molecular weight excluding hydrogens is 316 g/mol. The number of benzene rings is 1. The number of hydrogen-bond donors (Lipinski definition) is 1. The first kappa shape index (κ1) is 19.2. The third-order valence-corrected chi connectivity index (χ3v) is 5.62. The minimum absolute atomic E-state index is 0.0738. The fourth-order valence-corrected chi connectivity index (χ4v) is 2.71. The van der Waals surface area contributed by atoms with Crippen LogP contribution in [-0.4, -0.2) is 49.2 Å².